The number of likely N-dealkylation sites (tertiary alicyclic amines) is 1. The van der Waals surface area contributed by atoms with Crippen LogP contribution in [0.25, 0.3) is 0 Å². The second-order valence-corrected chi connectivity index (χ2v) is 6.62. The van der Waals surface area contributed by atoms with Gasteiger partial charge in [-0.25, -0.2) is 4.39 Å². The van der Waals surface area contributed by atoms with Crippen LogP contribution in [-0.4, -0.2) is 35.3 Å². The second-order valence-electron chi connectivity index (χ2n) is 6.62. The van der Waals surface area contributed by atoms with E-state index in [9.17, 15) is 14.0 Å². The standard InChI is InChI=1S/C19H21FN2O3/c1-13-6-7-16(25-13)17(23)21-19(2)9-11-22(18(19)24)10-8-14-4-3-5-15(20)12-14/h3-7,12H,8-11H2,1-2H3,(H,21,23). The van der Waals surface area contributed by atoms with E-state index in [0.717, 1.165) is 5.56 Å². The van der Waals surface area contributed by atoms with Crippen molar-refractivity contribution in [1.29, 1.82) is 0 Å². The number of hydrogen-bond donors (Lipinski definition) is 1. The van der Waals surface area contributed by atoms with Gasteiger partial charge in [-0.1, -0.05) is 12.1 Å². The van der Waals surface area contributed by atoms with Crippen LogP contribution in [0.2, 0.25) is 0 Å². The lowest BCUT2D eigenvalue weighted by Gasteiger charge is -2.24. The molecule has 1 aliphatic rings. The summed E-state index contributed by atoms with van der Waals surface area (Å²) >= 11 is 0. The molecule has 1 N–H and O–H groups in total. The van der Waals surface area contributed by atoms with Gasteiger partial charge in [-0.05, 0) is 56.5 Å². The van der Waals surface area contributed by atoms with Crippen molar-refractivity contribution in [2.75, 3.05) is 13.1 Å². The lowest BCUT2D eigenvalue weighted by atomic mass is 10.0. The van der Waals surface area contributed by atoms with Crippen molar-refractivity contribution in [2.24, 2.45) is 0 Å². The van der Waals surface area contributed by atoms with Gasteiger partial charge in [-0.3, -0.25) is 9.59 Å². The molecule has 0 aliphatic carbocycles. The van der Waals surface area contributed by atoms with Gasteiger partial charge in [0.05, 0.1) is 0 Å². The number of carbonyl (C=O) groups excluding carboxylic acids is 2. The number of amides is 2. The smallest absolute Gasteiger partial charge is 0.287 e. The van der Waals surface area contributed by atoms with Crippen molar-refractivity contribution < 1.29 is 18.4 Å². The highest BCUT2D eigenvalue weighted by molar-refractivity contribution is 5.98. The predicted octanol–water partition coefficient (Wildman–Crippen LogP) is 2.69. The van der Waals surface area contributed by atoms with Gasteiger partial charge in [0, 0.05) is 13.1 Å². The number of furan rings is 1. The Morgan fingerprint density at radius 2 is 2.16 bits per heavy atom. The number of hydrogen-bond acceptors (Lipinski definition) is 3. The van der Waals surface area contributed by atoms with Crippen LogP contribution < -0.4 is 5.32 Å². The van der Waals surface area contributed by atoms with Crippen LogP contribution in [0.4, 0.5) is 4.39 Å². The van der Waals surface area contributed by atoms with Crippen LogP contribution in [0, 0.1) is 12.7 Å². The molecule has 0 bridgehead atoms. The summed E-state index contributed by atoms with van der Waals surface area (Å²) in [6.07, 6.45) is 1.10. The molecular weight excluding hydrogens is 323 g/mol. The molecule has 2 heterocycles. The van der Waals surface area contributed by atoms with E-state index in [2.05, 4.69) is 5.32 Å². The fraction of sp³-hybridized carbons (Fsp3) is 0.368. The average molecular weight is 344 g/mol. The van der Waals surface area contributed by atoms with Crippen LogP contribution >= 0.6 is 0 Å². The zero-order valence-electron chi connectivity index (χ0n) is 14.3. The van der Waals surface area contributed by atoms with Crippen molar-refractivity contribution >= 4 is 11.8 Å². The van der Waals surface area contributed by atoms with Gasteiger partial charge in [0.1, 0.15) is 17.1 Å². The molecule has 1 aliphatic heterocycles. The maximum atomic E-state index is 13.2. The zero-order chi connectivity index (χ0) is 18.0. The van der Waals surface area contributed by atoms with Crippen LogP contribution in [0.5, 0.6) is 0 Å². The van der Waals surface area contributed by atoms with Crippen molar-refractivity contribution in [1.82, 2.24) is 10.2 Å². The Labute approximate surface area is 145 Å². The molecule has 1 aromatic carbocycles. The summed E-state index contributed by atoms with van der Waals surface area (Å²) in [5, 5.41) is 2.79. The highest BCUT2D eigenvalue weighted by Crippen LogP contribution is 2.24. The maximum absolute atomic E-state index is 13.2. The first kappa shape index (κ1) is 17.2. The first-order chi connectivity index (χ1) is 11.9. The first-order valence-corrected chi connectivity index (χ1v) is 8.30. The molecule has 2 aromatic rings. The Hall–Kier alpha value is -2.63. The minimum absolute atomic E-state index is 0.125. The van der Waals surface area contributed by atoms with Crippen molar-refractivity contribution in [3.63, 3.8) is 0 Å². The number of aryl methyl sites for hydroxylation is 1. The van der Waals surface area contributed by atoms with E-state index < -0.39 is 11.4 Å². The van der Waals surface area contributed by atoms with E-state index in [4.69, 9.17) is 4.42 Å². The molecule has 1 atom stereocenters. The minimum Gasteiger partial charge on any atom is -0.456 e. The van der Waals surface area contributed by atoms with Crippen molar-refractivity contribution in [3.05, 3.63) is 59.3 Å². The second kappa shape index (κ2) is 6.70. The molecule has 1 fully saturated rings. The normalized spacial score (nSPS) is 20.1. The third-order valence-corrected chi connectivity index (χ3v) is 4.55. The molecule has 1 saturated heterocycles. The largest absolute Gasteiger partial charge is 0.456 e. The minimum atomic E-state index is -0.945. The summed E-state index contributed by atoms with van der Waals surface area (Å²) in [5.74, 6) is 0.0436. The van der Waals surface area contributed by atoms with Crippen LogP contribution in [0.1, 0.15) is 35.2 Å². The Morgan fingerprint density at radius 1 is 1.36 bits per heavy atom. The van der Waals surface area contributed by atoms with Gasteiger partial charge in [-0.15, -0.1) is 0 Å². The third-order valence-electron chi connectivity index (χ3n) is 4.55. The molecule has 2 amide bonds. The summed E-state index contributed by atoms with van der Waals surface area (Å²) < 4.78 is 18.5. The summed E-state index contributed by atoms with van der Waals surface area (Å²) in [5.41, 5.74) is -0.101. The monoisotopic (exact) mass is 344 g/mol. The molecule has 3 rings (SSSR count). The first-order valence-electron chi connectivity index (χ1n) is 8.30. The average Bonchev–Trinajstić information content (AvgIpc) is 3.11. The van der Waals surface area contributed by atoms with Gasteiger partial charge in [0.25, 0.3) is 5.91 Å². The molecule has 1 unspecified atom stereocenters. The Kier molecular flexibility index (Phi) is 4.61. The van der Waals surface area contributed by atoms with Gasteiger partial charge >= 0.3 is 0 Å². The fourth-order valence-electron chi connectivity index (χ4n) is 3.07. The predicted molar refractivity (Wildman–Crippen MR) is 90.6 cm³/mol. The Bertz CT molecular complexity index is 801. The summed E-state index contributed by atoms with van der Waals surface area (Å²) in [6.45, 7) is 4.54. The SMILES string of the molecule is Cc1ccc(C(=O)NC2(C)CCN(CCc3cccc(F)c3)C2=O)o1. The quantitative estimate of drug-likeness (QED) is 0.907. The number of nitrogens with zero attached hydrogens (tertiary/aromatic N) is 1. The Balaban J connectivity index is 1.61. The number of carbonyl (C=O) groups is 2. The molecule has 0 saturated carbocycles. The van der Waals surface area contributed by atoms with Gasteiger partial charge in [0.2, 0.25) is 5.91 Å². The summed E-state index contributed by atoms with van der Waals surface area (Å²) in [4.78, 5) is 26.7. The van der Waals surface area contributed by atoms with Crippen molar-refractivity contribution in [3.8, 4) is 0 Å². The number of nitrogens with one attached hydrogen (secondary N) is 1. The molecule has 25 heavy (non-hydrogen) atoms. The highest BCUT2D eigenvalue weighted by atomic mass is 19.1. The highest BCUT2D eigenvalue weighted by Gasteiger charge is 2.44. The van der Waals surface area contributed by atoms with Crippen LogP contribution in [0.3, 0.4) is 0 Å². The Morgan fingerprint density at radius 3 is 2.84 bits per heavy atom. The molecule has 1 aromatic heterocycles. The molecule has 0 spiro atoms. The topological polar surface area (TPSA) is 62.6 Å². The molecule has 6 heteroatoms. The van der Waals surface area contributed by atoms with E-state index in [-0.39, 0.29) is 17.5 Å². The molecule has 5 nitrogen and oxygen atoms in total. The maximum Gasteiger partial charge on any atom is 0.287 e. The molecule has 0 radical (unpaired) electrons. The zero-order valence-corrected chi connectivity index (χ0v) is 14.3. The molecular formula is C19H21FN2O3. The number of halogens is 1. The fourth-order valence-corrected chi connectivity index (χ4v) is 3.07. The van der Waals surface area contributed by atoms with E-state index >= 15 is 0 Å². The van der Waals surface area contributed by atoms with E-state index in [1.807, 2.05) is 6.07 Å². The number of benzene rings is 1. The van der Waals surface area contributed by atoms with Gasteiger partial charge in [-0.2, -0.15) is 0 Å². The van der Waals surface area contributed by atoms with Crippen molar-refractivity contribution in [2.45, 2.75) is 32.2 Å². The van der Waals surface area contributed by atoms with E-state index in [1.165, 1.54) is 12.1 Å². The third kappa shape index (κ3) is 3.73. The van der Waals surface area contributed by atoms with Gasteiger partial charge in [0.15, 0.2) is 5.76 Å². The van der Waals surface area contributed by atoms with Gasteiger partial charge < -0.3 is 14.6 Å². The van der Waals surface area contributed by atoms with Crippen LogP contribution in [0.15, 0.2) is 40.8 Å². The molecule has 132 valence electrons. The number of rotatable bonds is 5. The summed E-state index contributed by atoms with van der Waals surface area (Å²) in [6, 6.07) is 9.67. The van der Waals surface area contributed by atoms with E-state index in [0.29, 0.717) is 31.7 Å². The van der Waals surface area contributed by atoms with E-state index in [1.54, 1.807) is 36.9 Å². The lowest BCUT2D eigenvalue weighted by Crippen LogP contribution is -2.52. The van der Waals surface area contributed by atoms with Crippen LogP contribution in [-0.2, 0) is 11.2 Å². The lowest BCUT2D eigenvalue weighted by molar-refractivity contribution is -0.132. The summed E-state index contributed by atoms with van der Waals surface area (Å²) in [7, 11) is 0.